The maximum atomic E-state index is 13.1. The predicted octanol–water partition coefficient (Wildman–Crippen LogP) is 9.25. The number of amides is 1. The number of rotatable bonds is 23. The zero-order valence-corrected chi connectivity index (χ0v) is 27.9. The summed E-state index contributed by atoms with van der Waals surface area (Å²) in [5, 5.41) is 12.0. The lowest BCUT2D eigenvalue weighted by Crippen LogP contribution is -2.47. The molecule has 0 aliphatic heterocycles. The van der Waals surface area contributed by atoms with Crippen LogP contribution in [-0.2, 0) is 9.59 Å². The molecule has 0 fully saturated rings. The number of ether oxygens (including phenoxy) is 1. The van der Waals surface area contributed by atoms with Gasteiger partial charge in [-0.2, -0.15) is 0 Å². The lowest BCUT2D eigenvalue weighted by Gasteiger charge is -2.22. The molecule has 7 heteroatoms. The number of para-hydroxylation sites is 1. The molecule has 0 saturated carbocycles. The van der Waals surface area contributed by atoms with Crippen molar-refractivity contribution >= 4 is 29.6 Å². The first kappa shape index (κ1) is 38.7. The molecule has 2 N–H and O–H groups in total. The molecular weight excluding hydrogens is 570 g/mol. The molecule has 0 heterocycles. The number of nitrogens with one attached hydrogen (secondary N) is 1. The summed E-state index contributed by atoms with van der Waals surface area (Å²) < 4.78 is 5.43. The van der Waals surface area contributed by atoms with Crippen LogP contribution in [0.5, 0.6) is 5.75 Å². The van der Waals surface area contributed by atoms with Crippen molar-refractivity contribution in [2.24, 2.45) is 5.92 Å². The first-order valence-electron chi connectivity index (χ1n) is 16.0. The predicted molar refractivity (Wildman–Crippen MR) is 185 cm³/mol. The molecule has 0 aliphatic carbocycles. The Bertz CT molecular complexity index is 1120. The fourth-order valence-corrected chi connectivity index (χ4v) is 5.31. The van der Waals surface area contributed by atoms with Crippen LogP contribution in [-0.4, -0.2) is 40.0 Å². The van der Waals surface area contributed by atoms with Crippen LogP contribution >= 0.6 is 11.8 Å². The highest BCUT2D eigenvalue weighted by molar-refractivity contribution is 8.00. The molecule has 2 atom stereocenters. The third-order valence-corrected chi connectivity index (χ3v) is 8.02. The van der Waals surface area contributed by atoms with Crippen LogP contribution in [0.2, 0.25) is 0 Å². The molecular formula is C37H53NO5S. The number of carbonyl (C=O) groups excluding carboxylic acids is 2. The summed E-state index contributed by atoms with van der Waals surface area (Å²) in [4.78, 5) is 37.5. The fraction of sp³-hybridized carbons (Fsp3) is 0.486. The average molecular weight is 624 g/mol. The van der Waals surface area contributed by atoms with Crippen LogP contribution in [0.4, 0.5) is 0 Å². The molecule has 44 heavy (non-hydrogen) atoms. The third kappa shape index (κ3) is 18.4. The lowest BCUT2D eigenvalue weighted by atomic mass is 10.0. The molecule has 1 amide bonds. The van der Waals surface area contributed by atoms with Gasteiger partial charge in [-0.25, -0.2) is 9.59 Å². The Morgan fingerprint density at radius 3 is 1.95 bits per heavy atom. The average Bonchev–Trinajstić information content (AvgIpc) is 2.99. The first-order chi connectivity index (χ1) is 21.3. The van der Waals surface area contributed by atoms with Crippen molar-refractivity contribution in [1.29, 1.82) is 0 Å². The monoisotopic (exact) mass is 623 g/mol. The van der Waals surface area contributed by atoms with Crippen molar-refractivity contribution in [3.63, 3.8) is 0 Å². The molecule has 0 radical (unpaired) electrons. The van der Waals surface area contributed by atoms with Crippen LogP contribution in [0.3, 0.4) is 0 Å². The Kier molecular flexibility index (Phi) is 22.0. The van der Waals surface area contributed by atoms with Gasteiger partial charge in [0.15, 0.2) is 0 Å². The lowest BCUT2D eigenvalue weighted by molar-refractivity contribution is -0.139. The molecule has 0 bridgehead atoms. The van der Waals surface area contributed by atoms with Crippen molar-refractivity contribution < 1.29 is 24.2 Å². The molecule has 1 unspecified atom stereocenters. The summed E-state index contributed by atoms with van der Waals surface area (Å²) in [6.45, 7) is 8.03. The van der Waals surface area contributed by atoms with Crippen LogP contribution < -0.4 is 10.1 Å². The normalized spacial score (nSPS) is 13.6. The van der Waals surface area contributed by atoms with Gasteiger partial charge in [-0.1, -0.05) is 101 Å². The molecule has 0 aromatic heterocycles. The van der Waals surface area contributed by atoms with Gasteiger partial charge < -0.3 is 15.2 Å². The molecule has 1 rings (SSSR count). The van der Waals surface area contributed by atoms with E-state index >= 15 is 0 Å². The maximum absolute atomic E-state index is 13.1. The molecule has 1 aromatic carbocycles. The van der Waals surface area contributed by atoms with Crippen molar-refractivity contribution in [1.82, 2.24) is 5.32 Å². The van der Waals surface area contributed by atoms with E-state index in [-0.39, 0.29) is 28.4 Å². The van der Waals surface area contributed by atoms with E-state index in [1.165, 1.54) is 12.1 Å². The standard InChI is InChI=1S/C37H53NO5S/c1-5-7-8-9-10-11-12-13-14-15-16-17-18-19-20-21-22-25-28-44-34(6-2)35(39)38-32(29-30(3)4)37(42)43-33-27-24-23-26-31(33)36(40)41/h7-8,10-11,13-14,16-17,19-20,23-24,26-27,30,32,34H,5-6,9,12,15,18,21-22,25,28-29H2,1-4H3,(H,38,39)(H,40,41)/b8-7-,11-10-,14-13-,17-16-,20-19-/t32?,34-/m1/s1. The van der Waals surface area contributed by atoms with Gasteiger partial charge in [-0.3, -0.25) is 4.79 Å². The highest BCUT2D eigenvalue weighted by Crippen LogP contribution is 2.21. The number of carboxylic acids is 1. The Morgan fingerprint density at radius 2 is 1.41 bits per heavy atom. The SMILES string of the molecule is CC/C=C\C/C=C\C/C=C\C/C=C\C/C=C\CCCCS[C@H](CC)C(=O)NC(CC(C)C)C(=O)Oc1ccccc1C(=O)O. The number of allylic oxidation sites excluding steroid dienone is 10. The number of thioether (sulfide) groups is 1. The number of carboxylic acid groups (broad SMARTS) is 1. The zero-order chi connectivity index (χ0) is 32.4. The number of benzene rings is 1. The van der Waals surface area contributed by atoms with Gasteiger partial charge >= 0.3 is 11.9 Å². The van der Waals surface area contributed by atoms with Gasteiger partial charge in [0, 0.05) is 0 Å². The second-order valence-electron chi connectivity index (χ2n) is 10.9. The second-order valence-corrected chi connectivity index (χ2v) is 12.2. The van der Waals surface area contributed by atoms with Crippen LogP contribution in [0, 0.1) is 5.92 Å². The highest BCUT2D eigenvalue weighted by Gasteiger charge is 2.28. The number of esters is 1. The molecule has 0 spiro atoms. The van der Waals surface area contributed by atoms with E-state index in [2.05, 4.69) is 73.0 Å². The largest absolute Gasteiger partial charge is 0.478 e. The number of carbonyl (C=O) groups is 3. The van der Waals surface area contributed by atoms with Crippen molar-refractivity contribution in [2.45, 2.75) is 103 Å². The van der Waals surface area contributed by atoms with E-state index in [4.69, 9.17) is 4.74 Å². The Labute approximate surface area is 269 Å². The molecule has 0 aliphatic rings. The van der Waals surface area contributed by atoms with E-state index in [0.29, 0.717) is 12.8 Å². The highest BCUT2D eigenvalue weighted by atomic mass is 32.2. The summed E-state index contributed by atoms with van der Waals surface area (Å²) in [6.07, 6.45) is 31.1. The van der Waals surface area contributed by atoms with E-state index in [1.807, 2.05) is 20.8 Å². The quantitative estimate of drug-likeness (QED) is 0.0546. The summed E-state index contributed by atoms with van der Waals surface area (Å²) in [7, 11) is 0. The Hall–Kier alpha value is -3.32. The molecule has 0 saturated heterocycles. The van der Waals surface area contributed by atoms with Crippen molar-refractivity contribution in [3.8, 4) is 5.75 Å². The van der Waals surface area contributed by atoms with E-state index in [1.54, 1.807) is 23.9 Å². The number of unbranched alkanes of at least 4 members (excludes halogenated alkanes) is 2. The minimum atomic E-state index is -1.18. The number of hydrogen-bond donors (Lipinski definition) is 2. The van der Waals surface area contributed by atoms with Gasteiger partial charge in [-0.15, -0.1) is 11.8 Å². The summed E-state index contributed by atoms with van der Waals surface area (Å²) in [6, 6.07) is 5.15. The van der Waals surface area contributed by atoms with E-state index < -0.39 is 18.0 Å². The summed E-state index contributed by atoms with van der Waals surface area (Å²) in [5.41, 5.74) is -0.0953. The van der Waals surface area contributed by atoms with Crippen LogP contribution in [0.1, 0.15) is 102 Å². The van der Waals surface area contributed by atoms with Gasteiger partial charge in [0.1, 0.15) is 17.4 Å². The Balaban J connectivity index is 2.35. The number of aromatic carboxylic acids is 1. The smallest absolute Gasteiger partial charge is 0.339 e. The fourth-order valence-electron chi connectivity index (χ4n) is 4.20. The summed E-state index contributed by atoms with van der Waals surface area (Å²) in [5.74, 6) is -1.06. The molecule has 1 aromatic rings. The van der Waals surface area contributed by atoms with Gasteiger partial charge in [0.2, 0.25) is 5.91 Å². The molecule has 242 valence electrons. The van der Waals surface area contributed by atoms with Crippen LogP contribution in [0.15, 0.2) is 85.0 Å². The van der Waals surface area contributed by atoms with Crippen LogP contribution in [0.25, 0.3) is 0 Å². The number of hydrogen-bond acceptors (Lipinski definition) is 5. The zero-order valence-electron chi connectivity index (χ0n) is 27.1. The second kappa shape index (κ2) is 25.1. The summed E-state index contributed by atoms with van der Waals surface area (Å²) >= 11 is 1.61. The third-order valence-electron chi connectivity index (χ3n) is 6.54. The van der Waals surface area contributed by atoms with Crippen molar-refractivity contribution in [2.75, 3.05) is 5.75 Å². The first-order valence-corrected chi connectivity index (χ1v) is 17.1. The topological polar surface area (TPSA) is 92.7 Å². The molecule has 6 nitrogen and oxygen atoms in total. The Morgan fingerprint density at radius 1 is 0.841 bits per heavy atom. The van der Waals surface area contributed by atoms with Gasteiger partial charge in [0.25, 0.3) is 0 Å². The van der Waals surface area contributed by atoms with Gasteiger partial charge in [0.05, 0.1) is 5.25 Å². The van der Waals surface area contributed by atoms with E-state index in [9.17, 15) is 19.5 Å². The van der Waals surface area contributed by atoms with Gasteiger partial charge in [-0.05, 0) is 88.0 Å². The minimum absolute atomic E-state index is 0.0260. The van der Waals surface area contributed by atoms with E-state index in [0.717, 1.165) is 57.1 Å². The maximum Gasteiger partial charge on any atom is 0.339 e. The van der Waals surface area contributed by atoms with Crippen molar-refractivity contribution in [3.05, 3.63) is 90.6 Å². The minimum Gasteiger partial charge on any atom is -0.478 e.